The minimum absolute atomic E-state index is 0.300. The van der Waals surface area contributed by atoms with E-state index in [-0.39, 0.29) is 5.91 Å². The van der Waals surface area contributed by atoms with Crippen molar-refractivity contribution in [2.45, 2.75) is 18.6 Å². The van der Waals surface area contributed by atoms with Gasteiger partial charge in [-0.1, -0.05) is 46.4 Å². The van der Waals surface area contributed by atoms with Gasteiger partial charge < -0.3 is 19.1 Å². The predicted molar refractivity (Wildman–Crippen MR) is 114 cm³/mol. The van der Waals surface area contributed by atoms with Gasteiger partial charge in [-0.25, -0.2) is 0 Å². The van der Waals surface area contributed by atoms with Crippen LogP contribution in [0.4, 0.5) is 5.69 Å². The lowest BCUT2D eigenvalue weighted by molar-refractivity contribution is -0.256. The predicted octanol–water partition coefficient (Wildman–Crippen LogP) is 5.71. The molecule has 0 atom stereocenters. The zero-order valence-corrected chi connectivity index (χ0v) is 18.2. The van der Waals surface area contributed by atoms with Gasteiger partial charge in [0, 0.05) is 17.1 Å². The Kier molecular flexibility index (Phi) is 6.17. The van der Waals surface area contributed by atoms with Gasteiger partial charge >= 0.3 is 0 Å². The third kappa shape index (κ3) is 3.80. The van der Waals surface area contributed by atoms with Crippen molar-refractivity contribution in [1.82, 2.24) is 0 Å². The van der Waals surface area contributed by atoms with Crippen LogP contribution >= 0.6 is 46.4 Å². The van der Waals surface area contributed by atoms with E-state index in [0.29, 0.717) is 69.9 Å². The molecule has 0 aromatic heterocycles. The van der Waals surface area contributed by atoms with E-state index in [1.54, 1.807) is 35.2 Å². The van der Waals surface area contributed by atoms with E-state index in [4.69, 9.17) is 60.6 Å². The lowest BCUT2D eigenvalue weighted by Gasteiger charge is -2.32. The fourth-order valence-electron chi connectivity index (χ4n) is 3.49. The standard InChI is InChI=1S/C20H17Cl4NO4/c21-12-3-6-16(15(23)11-12)27-8-1-7-25-18-13(4-5-14(22)17(18)24)20(19(25)26)28-9-2-10-29-20/h3-6,11H,1-2,7-10H2. The Hall–Kier alpha value is -1.21. The summed E-state index contributed by atoms with van der Waals surface area (Å²) < 4.78 is 17.3. The van der Waals surface area contributed by atoms with E-state index >= 15 is 0 Å². The summed E-state index contributed by atoms with van der Waals surface area (Å²) in [6.07, 6.45) is 1.25. The molecule has 2 aliphatic heterocycles. The first-order chi connectivity index (χ1) is 13.9. The number of hydrogen-bond donors (Lipinski definition) is 0. The molecule has 2 heterocycles. The van der Waals surface area contributed by atoms with Gasteiger partial charge in [-0.05, 0) is 43.2 Å². The number of carbonyl (C=O) groups excluding carboxylic acids is 1. The first kappa shape index (κ1) is 21.0. The van der Waals surface area contributed by atoms with Crippen molar-refractivity contribution >= 4 is 58.0 Å². The summed E-state index contributed by atoms with van der Waals surface area (Å²) >= 11 is 24.7. The van der Waals surface area contributed by atoms with Crippen LogP contribution in [0.5, 0.6) is 5.75 Å². The Labute approximate surface area is 188 Å². The first-order valence-corrected chi connectivity index (χ1v) is 10.6. The van der Waals surface area contributed by atoms with Gasteiger partial charge in [0.15, 0.2) is 0 Å². The molecule has 2 aromatic carbocycles. The van der Waals surface area contributed by atoms with E-state index < -0.39 is 5.79 Å². The maximum Gasteiger partial charge on any atom is 0.292 e. The number of nitrogens with zero attached hydrogens (tertiary/aromatic N) is 1. The molecule has 1 fully saturated rings. The van der Waals surface area contributed by atoms with Gasteiger partial charge in [-0.2, -0.15) is 0 Å². The summed E-state index contributed by atoms with van der Waals surface area (Å²) in [7, 11) is 0. The molecule has 9 heteroatoms. The van der Waals surface area contributed by atoms with Crippen molar-refractivity contribution < 1.29 is 19.0 Å². The first-order valence-electron chi connectivity index (χ1n) is 9.10. The Bertz CT molecular complexity index is 946. The van der Waals surface area contributed by atoms with Crippen LogP contribution in [0.2, 0.25) is 20.1 Å². The van der Waals surface area contributed by atoms with Crippen LogP contribution in [0.25, 0.3) is 0 Å². The van der Waals surface area contributed by atoms with Gasteiger partial charge in [-0.15, -0.1) is 0 Å². The molecule has 29 heavy (non-hydrogen) atoms. The molecular weight excluding hydrogens is 460 g/mol. The van der Waals surface area contributed by atoms with Crippen LogP contribution in [0.15, 0.2) is 30.3 Å². The monoisotopic (exact) mass is 475 g/mol. The number of anilines is 1. The highest BCUT2D eigenvalue weighted by atomic mass is 35.5. The average molecular weight is 477 g/mol. The highest BCUT2D eigenvalue weighted by Crippen LogP contribution is 2.50. The van der Waals surface area contributed by atoms with Crippen LogP contribution in [-0.2, 0) is 20.1 Å². The number of benzene rings is 2. The van der Waals surface area contributed by atoms with E-state index in [9.17, 15) is 4.79 Å². The molecule has 1 spiro atoms. The van der Waals surface area contributed by atoms with Crippen molar-refractivity contribution in [3.05, 3.63) is 56.0 Å². The normalized spacial score (nSPS) is 17.7. The molecule has 1 saturated heterocycles. The fraction of sp³-hybridized carbons (Fsp3) is 0.350. The molecule has 2 aliphatic rings. The number of fused-ring (bicyclic) bond motifs is 2. The lowest BCUT2D eigenvalue weighted by Crippen LogP contribution is -2.47. The van der Waals surface area contributed by atoms with Crippen molar-refractivity contribution in [3.8, 4) is 5.75 Å². The second-order valence-electron chi connectivity index (χ2n) is 6.66. The van der Waals surface area contributed by atoms with Gasteiger partial charge in [0.05, 0.1) is 40.6 Å². The van der Waals surface area contributed by atoms with Crippen LogP contribution < -0.4 is 9.64 Å². The summed E-state index contributed by atoms with van der Waals surface area (Å²) in [4.78, 5) is 14.8. The average Bonchev–Trinajstić information content (AvgIpc) is 2.93. The zero-order chi connectivity index (χ0) is 20.6. The third-order valence-electron chi connectivity index (χ3n) is 4.80. The molecule has 0 saturated carbocycles. The number of ether oxygens (including phenoxy) is 3. The van der Waals surface area contributed by atoms with Gasteiger partial charge in [-0.3, -0.25) is 4.79 Å². The molecule has 4 rings (SSSR count). The van der Waals surface area contributed by atoms with E-state index in [0.717, 1.165) is 6.42 Å². The van der Waals surface area contributed by atoms with Crippen LogP contribution in [0.1, 0.15) is 18.4 Å². The van der Waals surface area contributed by atoms with E-state index in [1.165, 1.54) is 0 Å². The fourth-order valence-corrected chi connectivity index (χ4v) is 4.37. The molecule has 0 aliphatic carbocycles. The van der Waals surface area contributed by atoms with E-state index in [2.05, 4.69) is 0 Å². The number of hydrogen-bond acceptors (Lipinski definition) is 4. The van der Waals surface area contributed by atoms with Crippen LogP contribution in [-0.4, -0.2) is 32.3 Å². The minimum Gasteiger partial charge on any atom is -0.492 e. The van der Waals surface area contributed by atoms with Gasteiger partial charge in [0.2, 0.25) is 0 Å². The summed E-state index contributed by atoms with van der Waals surface area (Å²) in [5.74, 6) is -1.23. The molecule has 5 nitrogen and oxygen atoms in total. The smallest absolute Gasteiger partial charge is 0.292 e. The third-order valence-corrected chi connectivity index (χ3v) is 6.12. The number of rotatable bonds is 5. The van der Waals surface area contributed by atoms with Crippen LogP contribution in [0.3, 0.4) is 0 Å². The Morgan fingerprint density at radius 2 is 1.79 bits per heavy atom. The van der Waals surface area contributed by atoms with Gasteiger partial charge in [0.25, 0.3) is 11.7 Å². The SMILES string of the molecule is O=C1N(CCCOc2ccc(Cl)cc2Cl)c2c(ccc(Cl)c2Cl)C12OCCCO2. The molecular formula is C20H17Cl4NO4. The molecule has 0 unspecified atom stereocenters. The van der Waals surface area contributed by atoms with Crippen molar-refractivity contribution in [2.24, 2.45) is 0 Å². The second-order valence-corrected chi connectivity index (χ2v) is 8.29. The maximum absolute atomic E-state index is 13.3. The maximum atomic E-state index is 13.3. The number of amides is 1. The van der Waals surface area contributed by atoms with Crippen LogP contribution in [0, 0.1) is 0 Å². The largest absolute Gasteiger partial charge is 0.492 e. The summed E-state index contributed by atoms with van der Waals surface area (Å²) in [6, 6.07) is 8.40. The van der Waals surface area contributed by atoms with Crippen molar-refractivity contribution in [3.63, 3.8) is 0 Å². The summed E-state index contributed by atoms with van der Waals surface area (Å²) in [5, 5.41) is 1.62. The number of halogens is 4. The molecule has 0 N–H and O–H groups in total. The molecule has 0 bridgehead atoms. The topological polar surface area (TPSA) is 48.0 Å². The quantitative estimate of drug-likeness (QED) is 0.519. The van der Waals surface area contributed by atoms with Gasteiger partial charge in [0.1, 0.15) is 5.75 Å². The minimum atomic E-state index is -1.46. The summed E-state index contributed by atoms with van der Waals surface area (Å²) in [6.45, 7) is 1.55. The zero-order valence-electron chi connectivity index (χ0n) is 15.2. The molecule has 0 radical (unpaired) electrons. The molecule has 2 aromatic rings. The van der Waals surface area contributed by atoms with Crippen molar-refractivity contribution in [2.75, 3.05) is 31.3 Å². The molecule has 154 valence electrons. The highest BCUT2D eigenvalue weighted by molar-refractivity contribution is 6.44. The van der Waals surface area contributed by atoms with Crippen molar-refractivity contribution in [1.29, 1.82) is 0 Å². The Morgan fingerprint density at radius 1 is 1.03 bits per heavy atom. The van der Waals surface area contributed by atoms with E-state index in [1.807, 2.05) is 0 Å². The Morgan fingerprint density at radius 3 is 2.52 bits per heavy atom. The number of carbonyl (C=O) groups is 1. The summed E-state index contributed by atoms with van der Waals surface area (Å²) in [5.41, 5.74) is 1.11. The second kappa shape index (κ2) is 8.50. The highest BCUT2D eigenvalue weighted by Gasteiger charge is 2.55. The Balaban J connectivity index is 1.52. The lowest BCUT2D eigenvalue weighted by atomic mass is 10.1. The molecule has 1 amide bonds.